The van der Waals surface area contributed by atoms with Gasteiger partial charge in [-0.3, -0.25) is 43.7 Å². The van der Waals surface area contributed by atoms with Crippen LogP contribution in [0.15, 0.2) is 103 Å². The number of amides is 9. The molecule has 4 aromatic heterocycles. The fourth-order valence-electron chi connectivity index (χ4n) is 18.8. The van der Waals surface area contributed by atoms with E-state index in [1.165, 1.54) is 34.4 Å². The number of primary amides is 1. The zero-order valence-corrected chi connectivity index (χ0v) is 66.5. The molecule has 2 unspecified atom stereocenters. The van der Waals surface area contributed by atoms with Crippen molar-refractivity contribution in [3.05, 3.63) is 143 Å². The summed E-state index contributed by atoms with van der Waals surface area (Å²) < 4.78 is 23.1. The summed E-state index contributed by atoms with van der Waals surface area (Å²) >= 11 is 1.40. The van der Waals surface area contributed by atoms with Crippen LogP contribution in [0.5, 0.6) is 0 Å². The lowest BCUT2D eigenvalue weighted by Gasteiger charge is -2.69. The number of aliphatic hydroxyl groups excluding tert-OH is 4. The van der Waals surface area contributed by atoms with E-state index in [9.17, 15) is 68.7 Å². The Kier molecular flexibility index (Phi) is 25.5. The molecule has 14 rings (SSSR count). The maximum absolute atomic E-state index is 14.5. The van der Waals surface area contributed by atoms with Crippen LogP contribution in [-0.2, 0) is 70.7 Å². The molecule has 5 fully saturated rings. The number of benzene rings is 3. The number of carbonyl (C=O) groups is 9. The number of carboxylic acid groups (broad SMARTS) is 1. The summed E-state index contributed by atoms with van der Waals surface area (Å²) in [7, 11) is 0. The number of nitrogens with two attached hydrogens (primary N) is 1. The van der Waals surface area contributed by atoms with E-state index in [0.717, 1.165) is 64.0 Å². The van der Waals surface area contributed by atoms with Crippen molar-refractivity contribution in [2.45, 2.75) is 199 Å². The number of aromatic nitrogens is 7. The summed E-state index contributed by atoms with van der Waals surface area (Å²) in [6.07, 6.45) is 6.08. The van der Waals surface area contributed by atoms with Gasteiger partial charge in [-0.05, 0) is 172 Å². The van der Waals surface area contributed by atoms with Crippen LogP contribution >= 0.6 is 11.3 Å². The molecule has 9 amide bonds. The summed E-state index contributed by atoms with van der Waals surface area (Å²) in [6.45, 7) is 11.6. The Labute approximate surface area is 674 Å². The molecule has 7 aromatic rings. The molecule has 4 saturated carbocycles. The molecule has 12 N–H and O–H groups in total. The third kappa shape index (κ3) is 19.2. The number of aryl methyl sites for hydroxylation is 1. The number of fused-ring (bicyclic) bond motifs is 2. The van der Waals surface area contributed by atoms with Crippen LogP contribution in [-0.4, -0.2) is 212 Å². The summed E-state index contributed by atoms with van der Waals surface area (Å²) in [5, 5.41) is 80.3. The number of rotatable bonds is 35. The van der Waals surface area contributed by atoms with Gasteiger partial charge in [0.15, 0.2) is 17.1 Å². The Balaban J connectivity index is 0.659. The lowest BCUT2D eigenvalue weighted by Crippen LogP contribution is -2.64. The third-order valence-corrected chi connectivity index (χ3v) is 24.1. The number of anilines is 3. The lowest BCUT2D eigenvalue weighted by atomic mass is 9.39. The van der Waals surface area contributed by atoms with E-state index in [-0.39, 0.29) is 111 Å². The van der Waals surface area contributed by atoms with Crippen molar-refractivity contribution in [3.8, 4) is 11.1 Å². The number of aromatic carboxylic acids is 1. The smallest absolute Gasteiger partial charge is 0.410 e. The number of nitrogens with one attached hydrogen (secondary N) is 5. The molecule has 9 atom stereocenters. The van der Waals surface area contributed by atoms with Crippen molar-refractivity contribution in [2.75, 3.05) is 61.5 Å². The number of pyridine rings is 1. The van der Waals surface area contributed by atoms with Gasteiger partial charge in [0.1, 0.15) is 48.9 Å². The predicted octanol–water partition coefficient (Wildman–Crippen LogP) is 6.85. The van der Waals surface area contributed by atoms with Gasteiger partial charge in [0.25, 0.3) is 17.7 Å². The first kappa shape index (κ1) is 83.3. The van der Waals surface area contributed by atoms with Crippen LogP contribution in [0.3, 0.4) is 0 Å². The lowest BCUT2D eigenvalue weighted by molar-refractivity contribution is -0.254. The Morgan fingerprint density at radius 2 is 1.56 bits per heavy atom. The van der Waals surface area contributed by atoms with Crippen molar-refractivity contribution < 1.29 is 82.9 Å². The molecule has 4 aliphatic carbocycles. The van der Waals surface area contributed by atoms with E-state index in [1.807, 2.05) is 59.0 Å². The minimum Gasteiger partial charge on any atom is -0.476 e. The van der Waals surface area contributed by atoms with Gasteiger partial charge in [0.2, 0.25) is 17.7 Å². The molecule has 3 aliphatic heterocycles. The average Bonchev–Trinajstić information content (AvgIpc) is 0.933. The van der Waals surface area contributed by atoms with Crippen LogP contribution in [0.1, 0.15) is 166 Å². The number of nitrogens with zero attached hydrogens (tertiary/aromatic N) is 10. The number of thiazole rings is 1. The number of para-hydroxylation sites is 1. The first-order valence-electron chi connectivity index (χ1n) is 39.6. The predicted molar refractivity (Wildman–Crippen MR) is 425 cm³/mol. The Morgan fingerprint density at radius 3 is 2.28 bits per heavy atom. The number of carboxylic acids is 1. The fraction of sp³-hybridized carbons (Fsp3) is 0.512. The molecule has 7 aliphatic rings. The standard InChI is InChI=1S/C82H102N16O17S/c1-48(2)66(90-63(100)20-7-6-10-32-96-64(101)27-28-65(96)102)73(108)87-59(18-12-30-84-76(83)111)72(107)86-52-23-21-50(22-24-52)40-113-78(112)94(31-13-15-53-37-97(93-92-53)74-70(105)69(104)68(103)60(39-99)115-74)34-35-114-82-44-79(4)41-80(5,45-82)43-81(42-79,46-82)47-98-49(3)56(36-85-98)54-25-26-62(89-67(54)75(109)110)95-33-29-51-14-11-16-55(57(51)38-95)71(106)91-77-88-58-17-8-9-19-61(58)116-77/h8-9,11,14,16-17,19,21-28,36-37,48,59-60,66,68-70,74,99,103-105H,6-7,10,12-13,15,18,20,29-35,38-47H2,1-5H3,(H,86,107)(H,87,108)(H,90,100)(H,109,110)(H3,83,84,111)(H,88,91,106)/t59-,60+,66-,68+,69-,70+,74+,79?,80?,81?,82?/m0/s1. The van der Waals surface area contributed by atoms with Gasteiger partial charge in [-0.25, -0.2) is 29.0 Å². The first-order valence-corrected chi connectivity index (χ1v) is 40.4. The van der Waals surface area contributed by atoms with Gasteiger partial charge in [-0.2, -0.15) is 5.10 Å². The molecule has 4 bridgehead atoms. The van der Waals surface area contributed by atoms with Gasteiger partial charge >= 0.3 is 18.1 Å². The summed E-state index contributed by atoms with van der Waals surface area (Å²) in [5.41, 5.74) is 10.6. The summed E-state index contributed by atoms with van der Waals surface area (Å²) in [5.74, 6) is -3.73. The number of carbonyl (C=O) groups excluding carboxylic acids is 8. The molecular formula is C82H102N16O17S. The first-order chi connectivity index (χ1) is 55.5. The molecule has 33 nitrogen and oxygen atoms in total. The van der Waals surface area contributed by atoms with E-state index >= 15 is 0 Å². The number of unbranched alkanes of at least 4 members (excludes halogenated alkanes) is 2. The zero-order valence-electron chi connectivity index (χ0n) is 65.7. The quantitative estimate of drug-likeness (QED) is 0.0143. The monoisotopic (exact) mass is 1610 g/mol. The normalized spacial score (nSPS) is 23.8. The van der Waals surface area contributed by atoms with Gasteiger partial charge in [0, 0.05) is 92.5 Å². The largest absolute Gasteiger partial charge is 0.476 e. The maximum atomic E-state index is 14.5. The fourth-order valence-corrected chi connectivity index (χ4v) is 19.6. The molecule has 3 aromatic carbocycles. The van der Waals surface area contributed by atoms with E-state index in [2.05, 4.69) is 55.7 Å². The molecule has 0 radical (unpaired) electrons. The molecule has 116 heavy (non-hydrogen) atoms. The Hall–Kier alpha value is -10.6. The number of hydrogen-bond acceptors (Lipinski definition) is 23. The summed E-state index contributed by atoms with van der Waals surface area (Å²) in [4.78, 5) is 132. The molecule has 618 valence electrons. The number of hydrogen-bond donors (Lipinski definition) is 11. The second-order valence-electron chi connectivity index (χ2n) is 32.9. The van der Waals surface area contributed by atoms with Crippen molar-refractivity contribution in [2.24, 2.45) is 27.9 Å². The van der Waals surface area contributed by atoms with Crippen LogP contribution in [0.25, 0.3) is 21.3 Å². The minimum atomic E-state index is -1.64. The van der Waals surface area contributed by atoms with Crippen molar-refractivity contribution in [3.63, 3.8) is 0 Å². The highest BCUT2D eigenvalue weighted by Crippen LogP contribution is 2.72. The number of aliphatic hydroxyl groups is 4. The average molecular weight is 1620 g/mol. The second kappa shape index (κ2) is 35.5. The van der Waals surface area contributed by atoms with Crippen molar-refractivity contribution in [1.29, 1.82) is 0 Å². The zero-order chi connectivity index (χ0) is 82.4. The van der Waals surface area contributed by atoms with Crippen LogP contribution < -0.4 is 37.2 Å². The molecule has 0 spiro atoms. The van der Waals surface area contributed by atoms with E-state index in [1.54, 1.807) is 61.3 Å². The topological polar surface area (TPSA) is 453 Å². The second-order valence-corrected chi connectivity index (χ2v) is 34.0. The van der Waals surface area contributed by atoms with Crippen LogP contribution in [0.4, 0.5) is 26.2 Å². The molecular weight excluding hydrogens is 1510 g/mol. The van der Waals surface area contributed by atoms with Gasteiger partial charge in [0.05, 0.1) is 47.1 Å². The highest BCUT2D eigenvalue weighted by Gasteiger charge is 2.66. The highest BCUT2D eigenvalue weighted by atomic mass is 32.1. The Bertz CT molecular complexity index is 4780. The van der Waals surface area contributed by atoms with E-state index in [4.69, 9.17) is 30.0 Å². The Morgan fingerprint density at radius 1 is 0.802 bits per heavy atom. The highest BCUT2D eigenvalue weighted by molar-refractivity contribution is 7.22. The number of urea groups is 1. The van der Waals surface area contributed by atoms with Crippen molar-refractivity contribution in [1.82, 2.24) is 60.5 Å². The molecule has 1 saturated heterocycles. The molecule has 34 heteroatoms. The summed E-state index contributed by atoms with van der Waals surface area (Å²) in [6, 6.07) is 20.7. The minimum absolute atomic E-state index is 0.0774. The third-order valence-electron chi connectivity index (χ3n) is 23.2. The van der Waals surface area contributed by atoms with E-state index in [0.29, 0.717) is 103 Å². The van der Waals surface area contributed by atoms with Gasteiger partial charge in [-0.1, -0.05) is 87.1 Å². The number of ether oxygens (including phenoxy) is 3. The maximum Gasteiger partial charge on any atom is 0.410 e. The van der Waals surface area contributed by atoms with Crippen LogP contribution in [0, 0.1) is 29.1 Å². The van der Waals surface area contributed by atoms with Gasteiger partial charge < -0.3 is 76.5 Å². The van der Waals surface area contributed by atoms with E-state index < -0.39 is 90.8 Å². The van der Waals surface area contributed by atoms with Crippen molar-refractivity contribution >= 4 is 91.7 Å². The number of imide groups is 1. The SMILES string of the molecule is Cc1c(-c2ccc(N3CCc4cccc(C(=O)Nc5nc6ccccc6s5)c4C3)nc2C(=O)O)cnn1CC12CC3(C)CC(C)(C1)CC(OCCN(CCCc1cn([C@@H]4O[C@H](CO)[C@@H](O)[C@H](O)[C@H]4O)nn1)C(=O)OCc1ccc(NC(=O)[C@H](CCCNC(N)=O)NC(=O)[C@@H](NC(=O)CCCCCN4C(=O)C=CC4=O)C(C)C)cc1)(C3)C2. The van der Waals surface area contributed by atoms with Gasteiger partial charge in [-0.15, -0.1) is 5.10 Å². The molecule has 7 heterocycles. The van der Waals surface area contributed by atoms with Crippen LogP contribution in [0.2, 0.25) is 0 Å².